The third-order valence-electron chi connectivity index (χ3n) is 3.63. The van der Waals surface area contributed by atoms with Gasteiger partial charge in [0, 0.05) is 24.7 Å². The minimum atomic E-state index is -0.141. The van der Waals surface area contributed by atoms with E-state index >= 15 is 0 Å². The number of methoxy groups -OCH3 is 1. The minimum Gasteiger partial charge on any atom is -0.379 e. The predicted molar refractivity (Wildman–Crippen MR) is 79.2 cm³/mol. The van der Waals surface area contributed by atoms with Crippen molar-refractivity contribution in [3.63, 3.8) is 0 Å². The highest BCUT2D eigenvalue weighted by molar-refractivity contribution is 5.79. The standard InChI is InChI=1S/C16H22N2O/c1-16(2,19-4)11-15(17-3)13-7-8-14-12(10-13)6-5-9-18-14/h5-10,15,17H,11H2,1-4H3. The Morgan fingerprint density at radius 2 is 2.11 bits per heavy atom. The van der Waals surface area contributed by atoms with Crippen LogP contribution in [0.15, 0.2) is 36.5 Å². The molecule has 0 saturated carbocycles. The second-order valence-electron chi connectivity index (χ2n) is 5.46. The van der Waals surface area contributed by atoms with Crippen molar-refractivity contribution in [3.05, 3.63) is 42.1 Å². The molecule has 0 amide bonds. The summed E-state index contributed by atoms with van der Waals surface area (Å²) < 4.78 is 5.53. The fourth-order valence-electron chi connectivity index (χ4n) is 2.27. The number of hydrogen-bond acceptors (Lipinski definition) is 3. The fourth-order valence-corrected chi connectivity index (χ4v) is 2.27. The molecule has 1 heterocycles. The molecule has 0 aliphatic carbocycles. The molecular formula is C16H22N2O. The SMILES string of the molecule is CNC(CC(C)(C)OC)c1ccc2ncccc2c1. The highest BCUT2D eigenvalue weighted by Gasteiger charge is 2.23. The topological polar surface area (TPSA) is 34.1 Å². The van der Waals surface area contributed by atoms with Gasteiger partial charge in [-0.3, -0.25) is 4.98 Å². The maximum absolute atomic E-state index is 5.53. The highest BCUT2D eigenvalue weighted by Crippen LogP contribution is 2.27. The molecule has 19 heavy (non-hydrogen) atoms. The summed E-state index contributed by atoms with van der Waals surface area (Å²) in [4.78, 5) is 4.35. The van der Waals surface area contributed by atoms with Crippen molar-refractivity contribution in [2.45, 2.75) is 31.9 Å². The zero-order chi connectivity index (χ0) is 13.9. The van der Waals surface area contributed by atoms with Gasteiger partial charge < -0.3 is 10.1 Å². The Labute approximate surface area is 115 Å². The molecular weight excluding hydrogens is 236 g/mol. The number of nitrogens with one attached hydrogen (secondary N) is 1. The van der Waals surface area contributed by atoms with Gasteiger partial charge in [-0.1, -0.05) is 12.1 Å². The largest absolute Gasteiger partial charge is 0.379 e. The van der Waals surface area contributed by atoms with Crippen LogP contribution >= 0.6 is 0 Å². The van der Waals surface area contributed by atoms with E-state index in [9.17, 15) is 0 Å². The van der Waals surface area contributed by atoms with Gasteiger partial charge in [0.05, 0.1) is 11.1 Å². The molecule has 2 aromatic rings. The zero-order valence-electron chi connectivity index (χ0n) is 12.1. The Kier molecular flexibility index (Phi) is 4.17. The van der Waals surface area contributed by atoms with Gasteiger partial charge in [0.15, 0.2) is 0 Å². The number of pyridine rings is 1. The second kappa shape index (κ2) is 5.68. The first-order valence-electron chi connectivity index (χ1n) is 6.63. The summed E-state index contributed by atoms with van der Waals surface area (Å²) >= 11 is 0. The van der Waals surface area contributed by atoms with Gasteiger partial charge in [-0.2, -0.15) is 0 Å². The molecule has 2 rings (SSSR count). The molecule has 1 atom stereocenters. The number of benzene rings is 1. The van der Waals surface area contributed by atoms with E-state index in [2.05, 4.69) is 48.4 Å². The molecule has 1 unspecified atom stereocenters. The van der Waals surface area contributed by atoms with Crippen molar-refractivity contribution >= 4 is 10.9 Å². The van der Waals surface area contributed by atoms with Crippen LogP contribution in [0.4, 0.5) is 0 Å². The molecule has 1 aromatic carbocycles. The van der Waals surface area contributed by atoms with Crippen LogP contribution in [0.2, 0.25) is 0 Å². The number of hydrogen-bond donors (Lipinski definition) is 1. The summed E-state index contributed by atoms with van der Waals surface area (Å²) in [5.41, 5.74) is 2.16. The number of rotatable bonds is 5. The van der Waals surface area contributed by atoms with E-state index in [0.717, 1.165) is 11.9 Å². The third kappa shape index (κ3) is 3.31. The van der Waals surface area contributed by atoms with E-state index in [1.54, 1.807) is 7.11 Å². The van der Waals surface area contributed by atoms with Gasteiger partial charge in [-0.15, -0.1) is 0 Å². The van der Waals surface area contributed by atoms with Crippen LogP contribution in [0.1, 0.15) is 31.9 Å². The van der Waals surface area contributed by atoms with Gasteiger partial charge in [0.2, 0.25) is 0 Å². The fraction of sp³-hybridized carbons (Fsp3) is 0.438. The summed E-state index contributed by atoms with van der Waals surface area (Å²) in [7, 11) is 3.75. The Hall–Kier alpha value is -1.45. The van der Waals surface area contributed by atoms with Crippen molar-refractivity contribution < 1.29 is 4.74 Å². The third-order valence-corrected chi connectivity index (χ3v) is 3.63. The number of nitrogens with zero attached hydrogens (tertiary/aromatic N) is 1. The predicted octanol–water partition coefficient (Wildman–Crippen LogP) is 3.31. The van der Waals surface area contributed by atoms with Crippen LogP contribution in [0.3, 0.4) is 0 Å². The summed E-state index contributed by atoms with van der Waals surface area (Å²) in [6.45, 7) is 4.22. The van der Waals surface area contributed by atoms with Gasteiger partial charge in [-0.05, 0) is 51.1 Å². The zero-order valence-corrected chi connectivity index (χ0v) is 12.1. The molecule has 0 aliphatic heterocycles. The smallest absolute Gasteiger partial charge is 0.0702 e. The van der Waals surface area contributed by atoms with Gasteiger partial charge >= 0.3 is 0 Å². The van der Waals surface area contributed by atoms with Crippen LogP contribution in [-0.2, 0) is 4.74 Å². The molecule has 0 aliphatic rings. The van der Waals surface area contributed by atoms with E-state index in [-0.39, 0.29) is 11.6 Å². The molecule has 1 N–H and O–H groups in total. The van der Waals surface area contributed by atoms with E-state index in [1.165, 1.54) is 10.9 Å². The van der Waals surface area contributed by atoms with Crippen LogP contribution in [0.25, 0.3) is 10.9 Å². The van der Waals surface area contributed by atoms with E-state index in [0.29, 0.717) is 0 Å². The monoisotopic (exact) mass is 258 g/mol. The molecule has 1 aromatic heterocycles. The molecule has 3 nitrogen and oxygen atoms in total. The Morgan fingerprint density at radius 1 is 1.32 bits per heavy atom. The van der Waals surface area contributed by atoms with Crippen molar-refractivity contribution in [1.82, 2.24) is 10.3 Å². The van der Waals surface area contributed by atoms with Crippen LogP contribution in [0.5, 0.6) is 0 Å². The molecule has 3 heteroatoms. The van der Waals surface area contributed by atoms with Crippen molar-refractivity contribution in [1.29, 1.82) is 0 Å². The average molecular weight is 258 g/mol. The van der Waals surface area contributed by atoms with Crippen molar-refractivity contribution in [2.75, 3.05) is 14.2 Å². The van der Waals surface area contributed by atoms with E-state index < -0.39 is 0 Å². The lowest BCUT2D eigenvalue weighted by Gasteiger charge is -2.28. The molecule has 0 radical (unpaired) electrons. The first kappa shape index (κ1) is 14.0. The first-order chi connectivity index (χ1) is 9.05. The number of ether oxygens (including phenoxy) is 1. The van der Waals surface area contributed by atoms with Gasteiger partial charge in [-0.25, -0.2) is 0 Å². The van der Waals surface area contributed by atoms with E-state index in [4.69, 9.17) is 4.74 Å². The molecule has 102 valence electrons. The Morgan fingerprint density at radius 3 is 2.79 bits per heavy atom. The quantitative estimate of drug-likeness (QED) is 0.893. The first-order valence-corrected chi connectivity index (χ1v) is 6.63. The Balaban J connectivity index is 2.30. The van der Waals surface area contributed by atoms with Gasteiger partial charge in [0.25, 0.3) is 0 Å². The van der Waals surface area contributed by atoms with Crippen LogP contribution in [-0.4, -0.2) is 24.7 Å². The van der Waals surface area contributed by atoms with Gasteiger partial charge in [0.1, 0.15) is 0 Å². The second-order valence-corrected chi connectivity index (χ2v) is 5.46. The van der Waals surface area contributed by atoms with Crippen molar-refractivity contribution in [2.24, 2.45) is 0 Å². The minimum absolute atomic E-state index is 0.141. The summed E-state index contributed by atoms with van der Waals surface area (Å²) in [6.07, 6.45) is 2.75. The maximum Gasteiger partial charge on any atom is 0.0702 e. The summed E-state index contributed by atoms with van der Waals surface area (Å²) in [6, 6.07) is 10.8. The molecule has 0 saturated heterocycles. The molecule has 0 fully saturated rings. The van der Waals surface area contributed by atoms with Crippen LogP contribution in [0, 0.1) is 0 Å². The summed E-state index contributed by atoms with van der Waals surface area (Å²) in [5, 5.41) is 4.55. The normalized spacial score (nSPS) is 13.7. The summed E-state index contributed by atoms with van der Waals surface area (Å²) in [5.74, 6) is 0. The number of fused-ring (bicyclic) bond motifs is 1. The average Bonchev–Trinajstić information content (AvgIpc) is 2.44. The molecule has 0 spiro atoms. The maximum atomic E-state index is 5.53. The number of aromatic nitrogens is 1. The van der Waals surface area contributed by atoms with Crippen molar-refractivity contribution in [3.8, 4) is 0 Å². The lowest BCUT2D eigenvalue weighted by Crippen LogP contribution is -2.30. The lowest BCUT2D eigenvalue weighted by molar-refractivity contribution is 0.00745. The Bertz CT molecular complexity index is 551. The van der Waals surface area contributed by atoms with E-state index in [1.807, 2.05) is 19.3 Å². The molecule has 0 bridgehead atoms. The van der Waals surface area contributed by atoms with Crippen LogP contribution < -0.4 is 5.32 Å². The highest BCUT2D eigenvalue weighted by atomic mass is 16.5. The lowest BCUT2D eigenvalue weighted by atomic mass is 9.93.